The van der Waals surface area contributed by atoms with E-state index in [0.717, 1.165) is 24.2 Å². The Labute approximate surface area is 124 Å². The fraction of sp³-hybridized carbons (Fsp3) is 0.714. The molecule has 1 aliphatic rings. The molecule has 1 aromatic rings. The van der Waals surface area contributed by atoms with Crippen LogP contribution in [0.25, 0.3) is 0 Å². The number of carbonyl (C=O) groups excluding carboxylic acids is 1. The van der Waals surface area contributed by atoms with E-state index in [1.807, 2.05) is 25.7 Å². The van der Waals surface area contributed by atoms with E-state index in [-0.39, 0.29) is 18.6 Å². The zero-order chi connectivity index (χ0) is 14.9. The molecular weight excluding hydrogens is 278 g/mol. The Morgan fingerprint density at radius 1 is 1.45 bits per heavy atom. The minimum atomic E-state index is -0.290. The fourth-order valence-corrected chi connectivity index (χ4v) is 2.82. The molecule has 6 heteroatoms. The van der Waals surface area contributed by atoms with E-state index in [9.17, 15) is 9.90 Å². The van der Waals surface area contributed by atoms with Crippen LogP contribution in [0.3, 0.4) is 0 Å². The second-order valence-electron chi connectivity index (χ2n) is 5.60. The second kappa shape index (κ2) is 6.14. The lowest BCUT2D eigenvalue weighted by Gasteiger charge is -2.33. The summed E-state index contributed by atoms with van der Waals surface area (Å²) in [6, 6.07) is 0. The van der Waals surface area contributed by atoms with Gasteiger partial charge in [0.2, 0.25) is 5.91 Å². The van der Waals surface area contributed by atoms with Crippen LogP contribution in [-0.2, 0) is 11.3 Å². The molecule has 1 aliphatic heterocycles. The number of aliphatic hydroxyl groups is 1. The number of aromatic nitrogens is 2. The van der Waals surface area contributed by atoms with Gasteiger partial charge in [0.15, 0.2) is 0 Å². The lowest BCUT2D eigenvalue weighted by molar-refractivity contribution is -0.134. The van der Waals surface area contributed by atoms with Crippen molar-refractivity contribution in [2.75, 3.05) is 13.1 Å². The fourth-order valence-electron chi connectivity index (χ4n) is 2.69. The molecule has 0 aliphatic carbocycles. The molecule has 1 unspecified atom stereocenters. The number of carbonyl (C=O) groups is 1. The van der Waals surface area contributed by atoms with E-state index >= 15 is 0 Å². The summed E-state index contributed by atoms with van der Waals surface area (Å²) in [5.74, 6) is 0.374. The van der Waals surface area contributed by atoms with Gasteiger partial charge >= 0.3 is 0 Å². The van der Waals surface area contributed by atoms with Crippen LogP contribution < -0.4 is 0 Å². The van der Waals surface area contributed by atoms with Gasteiger partial charge in [-0.1, -0.05) is 11.6 Å². The largest absolute Gasteiger partial charge is 0.393 e. The first-order valence-electron chi connectivity index (χ1n) is 7.05. The SMILES string of the molecule is Cc1nn(CC(=O)N2CCC(C(C)O)CC2)c(C)c1Cl. The summed E-state index contributed by atoms with van der Waals surface area (Å²) >= 11 is 6.09. The molecule has 0 radical (unpaired) electrons. The standard InChI is InChI=1S/C14H22ClN3O2/c1-9-14(15)10(2)18(16-9)8-13(20)17-6-4-12(5-7-17)11(3)19/h11-12,19H,4-8H2,1-3H3. The average Bonchev–Trinajstić information content (AvgIpc) is 2.66. The highest BCUT2D eigenvalue weighted by Crippen LogP contribution is 2.22. The third-order valence-corrected chi connectivity index (χ3v) is 4.70. The number of aryl methyl sites for hydroxylation is 1. The third-order valence-electron chi connectivity index (χ3n) is 4.15. The predicted octanol–water partition coefficient (Wildman–Crippen LogP) is 1.77. The van der Waals surface area contributed by atoms with E-state index < -0.39 is 0 Å². The first kappa shape index (κ1) is 15.3. The summed E-state index contributed by atoms with van der Waals surface area (Å²) in [5.41, 5.74) is 1.58. The molecule has 0 bridgehead atoms. The number of hydrogen-bond acceptors (Lipinski definition) is 3. The first-order chi connectivity index (χ1) is 9.40. The average molecular weight is 300 g/mol. The van der Waals surface area contributed by atoms with Crippen LogP contribution in [0.2, 0.25) is 5.02 Å². The number of rotatable bonds is 3. The van der Waals surface area contributed by atoms with Crippen LogP contribution in [0.1, 0.15) is 31.2 Å². The summed E-state index contributed by atoms with van der Waals surface area (Å²) in [5, 5.41) is 14.5. The van der Waals surface area contributed by atoms with Crippen molar-refractivity contribution in [3.05, 3.63) is 16.4 Å². The molecular formula is C14H22ClN3O2. The molecule has 2 heterocycles. The summed E-state index contributed by atoms with van der Waals surface area (Å²) < 4.78 is 1.67. The van der Waals surface area contributed by atoms with Crippen LogP contribution in [-0.4, -0.2) is 44.9 Å². The Balaban J connectivity index is 1.94. The van der Waals surface area contributed by atoms with E-state index in [1.54, 1.807) is 4.68 Å². The molecule has 0 aromatic carbocycles. The molecule has 1 aromatic heterocycles. The van der Waals surface area contributed by atoms with Gasteiger partial charge in [0.25, 0.3) is 0 Å². The normalized spacial score (nSPS) is 18.4. The maximum absolute atomic E-state index is 12.3. The number of halogens is 1. The number of piperidine rings is 1. The summed E-state index contributed by atoms with van der Waals surface area (Å²) in [6.07, 6.45) is 1.44. The molecule has 112 valence electrons. The van der Waals surface area contributed by atoms with Gasteiger partial charge < -0.3 is 10.0 Å². The quantitative estimate of drug-likeness (QED) is 0.925. The molecule has 20 heavy (non-hydrogen) atoms. The van der Waals surface area contributed by atoms with Gasteiger partial charge in [0, 0.05) is 13.1 Å². The lowest BCUT2D eigenvalue weighted by Crippen LogP contribution is -2.42. The number of amides is 1. The zero-order valence-corrected chi connectivity index (χ0v) is 13.0. The Morgan fingerprint density at radius 2 is 2.05 bits per heavy atom. The highest BCUT2D eigenvalue weighted by molar-refractivity contribution is 6.31. The van der Waals surface area contributed by atoms with Gasteiger partial charge in [-0.2, -0.15) is 5.10 Å². The van der Waals surface area contributed by atoms with E-state index in [2.05, 4.69) is 5.10 Å². The van der Waals surface area contributed by atoms with Crippen molar-refractivity contribution in [1.82, 2.24) is 14.7 Å². The van der Waals surface area contributed by atoms with Crippen molar-refractivity contribution in [3.63, 3.8) is 0 Å². The number of hydrogen-bond donors (Lipinski definition) is 1. The molecule has 5 nitrogen and oxygen atoms in total. The van der Waals surface area contributed by atoms with Crippen LogP contribution in [0.15, 0.2) is 0 Å². The Bertz CT molecular complexity index is 491. The summed E-state index contributed by atoms with van der Waals surface area (Å²) in [6.45, 7) is 7.18. The van der Waals surface area contributed by atoms with E-state index in [4.69, 9.17) is 11.6 Å². The highest BCUT2D eigenvalue weighted by atomic mass is 35.5. The van der Waals surface area contributed by atoms with E-state index in [0.29, 0.717) is 24.0 Å². The number of nitrogens with zero attached hydrogens (tertiary/aromatic N) is 3. The molecule has 1 saturated heterocycles. The molecule has 1 fully saturated rings. The minimum Gasteiger partial charge on any atom is -0.393 e. The van der Waals surface area contributed by atoms with Gasteiger partial charge in [0.05, 0.1) is 22.5 Å². The van der Waals surface area contributed by atoms with Crippen LogP contribution >= 0.6 is 11.6 Å². The van der Waals surface area contributed by atoms with E-state index in [1.165, 1.54) is 0 Å². The lowest BCUT2D eigenvalue weighted by atomic mass is 9.92. The molecule has 1 atom stereocenters. The van der Waals surface area contributed by atoms with Crippen molar-refractivity contribution >= 4 is 17.5 Å². The Kier molecular flexibility index (Phi) is 4.70. The van der Waals surface area contributed by atoms with Crippen molar-refractivity contribution in [1.29, 1.82) is 0 Å². The molecule has 2 rings (SSSR count). The summed E-state index contributed by atoms with van der Waals surface area (Å²) in [4.78, 5) is 14.1. The van der Waals surface area contributed by atoms with Crippen molar-refractivity contribution in [2.24, 2.45) is 5.92 Å². The molecule has 1 N–H and O–H groups in total. The maximum atomic E-state index is 12.3. The van der Waals surface area contributed by atoms with Crippen LogP contribution in [0.5, 0.6) is 0 Å². The van der Waals surface area contributed by atoms with Crippen LogP contribution in [0.4, 0.5) is 0 Å². The van der Waals surface area contributed by atoms with Crippen molar-refractivity contribution in [2.45, 2.75) is 46.3 Å². The third kappa shape index (κ3) is 3.15. The zero-order valence-electron chi connectivity index (χ0n) is 12.3. The number of aliphatic hydroxyl groups excluding tert-OH is 1. The first-order valence-corrected chi connectivity index (χ1v) is 7.43. The van der Waals surface area contributed by atoms with Crippen molar-refractivity contribution in [3.8, 4) is 0 Å². The Hall–Kier alpha value is -1.07. The topological polar surface area (TPSA) is 58.4 Å². The molecule has 1 amide bonds. The van der Waals surface area contributed by atoms with Gasteiger partial charge in [-0.15, -0.1) is 0 Å². The Morgan fingerprint density at radius 3 is 2.50 bits per heavy atom. The van der Waals surface area contributed by atoms with Gasteiger partial charge in [-0.05, 0) is 39.5 Å². The second-order valence-corrected chi connectivity index (χ2v) is 5.98. The minimum absolute atomic E-state index is 0.0660. The monoisotopic (exact) mass is 299 g/mol. The number of likely N-dealkylation sites (tertiary alicyclic amines) is 1. The van der Waals surface area contributed by atoms with Crippen molar-refractivity contribution < 1.29 is 9.90 Å². The summed E-state index contributed by atoms with van der Waals surface area (Å²) in [7, 11) is 0. The van der Waals surface area contributed by atoms with Gasteiger partial charge in [-0.25, -0.2) is 0 Å². The molecule has 0 spiro atoms. The smallest absolute Gasteiger partial charge is 0.244 e. The highest BCUT2D eigenvalue weighted by Gasteiger charge is 2.26. The molecule has 0 saturated carbocycles. The maximum Gasteiger partial charge on any atom is 0.244 e. The van der Waals surface area contributed by atoms with Gasteiger partial charge in [-0.3, -0.25) is 9.48 Å². The van der Waals surface area contributed by atoms with Crippen LogP contribution in [0, 0.1) is 19.8 Å². The predicted molar refractivity (Wildman–Crippen MR) is 77.7 cm³/mol. The van der Waals surface area contributed by atoms with Gasteiger partial charge in [0.1, 0.15) is 6.54 Å².